The fraction of sp³-hybridized carbons (Fsp3) is 0.269. The first-order chi connectivity index (χ1) is 13.6. The van der Waals surface area contributed by atoms with Crippen LogP contribution >= 0.6 is 0 Å². The lowest BCUT2D eigenvalue weighted by atomic mass is 9.72. The van der Waals surface area contributed by atoms with Gasteiger partial charge in [0, 0.05) is 24.9 Å². The second-order valence-corrected chi connectivity index (χ2v) is 8.42. The highest BCUT2D eigenvalue weighted by atomic mass is 16.2. The Kier molecular flexibility index (Phi) is 5.04. The Morgan fingerprint density at radius 3 is 1.79 bits per heavy atom. The second kappa shape index (κ2) is 7.63. The van der Waals surface area contributed by atoms with Crippen molar-refractivity contribution in [1.82, 2.24) is 4.90 Å². The number of likely N-dealkylation sites (tertiary alicyclic amines) is 1. The van der Waals surface area contributed by atoms with Gasteiger partial charge in [-0.15, -0.1) is 0 Å². The highest BCUT2D eigenvalue weighted by molar-refractivity contribution is 5.80. The predicted octanol–water partition coefficient (Wildman–Crippen LogP) is 5.65. The van der Waals surface area contributed by atoms with Crippen LogP contribution in [0.25, 0.3) is 0 Å². The first-order valence-electron chi connectivity index (χ1n) is 9.99. The lowest BCUT2D eigenvalue weighted by Crippen LogP contribution is -2.42. The molecular formula is C26H27NO. The summed E-state index contributed by atoms with van der Waals surface area (Å²) in [7, 11) is 0. The maximum absolute atomic E-state index is 13.1. The lowest BCUT2D eigenvalue weighted by Gasteiger charge is -2.39. The van der Waals surface area contributed by atoms with E-state index in [1.807, 2.05) is 18.2 Å². The molecule has 1 amide bonds. The number of amides is 1. The summed E-state index contributed by atoms with van der Waals surface area (Å²) < 4.78 is 0. The molecule has 0 N–H and O–H groups in total. The van der Waals surface area contributed by atoms with Crippen molar-refractivity contribution in [2.45, 2.75) is 38.8 Å². The number of hydrogen-bond acceptors (Lipinski definition) is 1. The minimum atomic E-state index is -0.109. The first kappa shape index (κ1) is 18.5. The summed E-state index contributed by atoms with van der Waals surface area (Å²) in [6.45, 7) is 5.13. The summed E-state index contributed by atoms with van der Waals surface area (Å²) in [4.78, 5) is 15.2. The first-order valence-corrected chi connectivity index (χ1v) is 9.99. The number of carbonyl (C=O) groups is 1. The number of hydrogen-bond donors (Lipinski definition) is 0. The maximum atomic E-state index is 13.1. The molecule has 0 spiro atoms. The average molecular weight is 370 g/mol. The normalized spacial score (nSPS) is 18.6. The molecule has 2 heteroatoms. The van der Waals surface area contributed by atoms with E-state index in [1.165, 1.54) is 16.7 Å². The molecule has 1 unspecified atom stereocenters. The summed E-state index contributed by atoms with van der Waals surface area (Å²) in [6, 6.07) is 31.7. The Balaban J connectivity index is 1.80. The summed E-state index contributed by atoms with van der Waals surface area (Å²) in [6.07, 6.45) is 0.584. The number of carbonyl (C=O) groups excluding carboxylic acids is 1. The molecule has 1 aliphatic rings. The van der Waals surface area contributed by atoms with Gasteiger partial charge < -0.3 is 4.90 Å². The number of nitrogens with zero attached hydrogens (tertiary/aromatic N) is 1. The van der Waals surface area contributed by atoms with Crippen LogP contribution in [0, 0.1) is 5.41 Å². The van der Waals surface area contributed by atoms with Crippen molar-refractivity contribution in [3.8, 4) is 0 Å². The minimum Gasteiger partial charge on any atom is -0.334 e. The number of rotatable bonds is 5. The van der Waals surface area contributed by atoms with Crippen molar-refractivity contribution in [3.05, 3.63) is 108 Å². The van der Waals surface area contributed by atoms with Crippen molar-refractivity contribution in [3.63, 3.8) is 0 Å². The Hall–Kier alpha value is -2.87. The van der Waals surface area contributed by atoms with Crippen LogP contribution in [0.15, 0.2) is 91.0 Å². The Labute approximate surface area is 167 Å². The largest absolute Gasteiger partial charge is 0.334 e. The van der Waals surface area contributed by atoms with Gasteiger partial charge in [-0.1, -0.05) is 105 Å². The molecule has 0 radical (unpaired) electrons. The third-order valence-corrected chi connectivity index (χ3v) is 5.89. The molecule has 3 aromatic carbocycles. The Morgan fingerprint density at radius 2 is 1.29 bits per heavy atom. The van der Waals surface area contributed by atoms with Crippen molar-refractivity contribution in [2.75, 3.05) is 0 Å². The third kappa shape index (κ3) is 3.60. The fourth-order valence-electron chi connectivity index (χ4n) is 4.65. The van der Waals surface area contributed by atoms with Gasteiger partial charge in [0.15, 0.2) is 0 Å². The predicted molar refractivity (Wildman–Crippen MR) is 114 cm³/mol. The molecular weight excluding hydrogens is 342 g/mol. The maximum Gasteiger partial charge on any atom is 0.223 e. The quantitative estimate of drug-likeness (QED) is 0.569. The van der Waals surface area contributed by atoms with Crippen LogP contribution in [0.2, 0.25) is 0 Å². The highest BCUT2D eigenvalue weighted by Gasteiger charge is 2.49. The van der Waals surface area contributed by atoms with Crippen molar-refractivity contribution < 1.29 is 4.79 Å². The molecule has 1 atom stereocenters. The molecule has 3 aromatic rings. The lowest BCUT2D eigenvalue weighted by molar-refractivity contribution is -0.129. The van der Waals surface area contributed by atoms with Crippen molar-refractivity contribution in [1.29, 1.82) is 0 Å². The standard InChI is InChI=1S/C26H27NO/c1-26(2)18-23(28)27(19-20-12-6-3-7-13-20)25(26)24(21-14-8-4-9-15-21)22-16-10-5-11-17-22/h3-17,24-25H,18-19H2,1-2H3. The van der Waals surface area contributed by atoms with E-state index in [4.69, 9.17) is 0 Å². The smallest absolute Gasteiger partial charge is 0.223 e. The Morgan fingerprint density at radius 1 is 0.821 bits per heavy atom. The molecule has 0 aromatic heterocycles. The zero-order valence-electron chi connectivity index (χ0n) is 16.6. The molecule has 28 heavy (non-hydrogen) atoms. The summed E-state index contributed by atoms with van der Waals surface area (Å²) >= 11 is 0. The van der Waals surface area contributed by atoms with E-state index in [9.17, 15) is 4.79 Å². The van der Waals surface area contributed by atoms with Crippen LogP contribution in [-0.4, -0.2) is 16.8 Å². The van der Waals surface area contributed by atoms with Gasteiger partial charge in [-0.25, -0.2) is 0 Å². The molecule has 0 saturated carbocycles. The molecule has 0 aliphatic carbocycles. The minimum absolute atomic E-state index is 0.102. The Bertz CT molecular complexity index is 879. The van der Waals surface area contributed by atoms with Gasteiger partial charge in [0.25, 0.3) is 0 Å². The van der Waals surface area contributed by atoms with E-state index < -0.39 is 0 Å². The molecule has 2 nitrogen and oxygen atoms in total. The van der Waals surface area contributed by atoms with Gasteiger partial charge in [0.1, 0.15) is 0 Å². The molecule has 0 bridgehead atoms. The van der Waals surface area contributed by atoms with Crippen LogP contribution in [-0.2, 0) is 11.3 Å². The van der Waals surface area contributed by atoms with Gasteiger partial charge in [0.05, 0.1) is 0 Å². The second-order valence-electron chi connectivity index (χ2n) is 8.42. The van der Waals surface area contributed by atoms with Gasteiger partial charge in [-0.05, 0) is 22.1 Å². The molecule has 1 fully saturated rings. The van der Waals surface area contributed by atoms with E-state index >= 15 is 0 Å². The van der Waals surface area contributed by atoms with Crippen LogP contribution in [0.3, 0.4) is 0 Å². The van der Waals surface area contributed by atoms with E-state index in [1.54, 1.807) is 0 Å². The SMILES string of the molecule is CC1(C)CC(=O)N(Cc2ccccc2)C1C(c1ccccc1)c1ccccc1. The monoisotopic (exact) mass is 369 g/mol. The van der Waals surface area contributed by atoms with Crippen molar-refractivity contribution >= 4 is 5.91 Å². The van der Waals surface area contributed by atoms with Crippen LogP contribution in [0.4, 0.5) is 0 Å². The fourth-order valence-corrected chi connectivity index (χ4v) is 4.65. The van der Waals surface area contributed by atoms with Crippen LogP contribution in [0.1, 0.15) is 42.9 Å². The van der Waals surface area contributed by atoms with Gasteiger partial charge in [-0.3, -0.25) is 4.79 Å². The third-order valence-electron chi connectivity index (χ3n) is 5.89. The molecule has 4 rings (SSSR count). The van der Waals surface area contributed by atoms with Gasteiger partial charge in [0.2, 0.25) is 5.91 Å². The van der Waals surface area contributed by atoms with E-state index in [-0.39, 0.29) is 23.3 Å². The summed E-state index contributed by atoms with van der Waals surface area (Å²) in [5.74, 6) is 0.392. The van der Waals surface area contributed by atoms with Crippen LogP contribution in [0.5, 0.6) is 0 Å². The molecule has 1 aliphatic heterocycles. The number of benzene rings is 3. The van der Waals surface area contributed by atoms with Gasteiger partial charge >= 0.3 is 0 Å². The molecule has 142 valence electrons. The average Bonchev–Trinajstić information content (AvgIpc) is 2.93. The van der Waals surface area contributed by atoms with E-state index in [0.29, 0.717) is 13.0 Å². The summed E-state index contributed by atoms with van der Waals surface area (Å²) in [5, 5.41) is 0. The highest BCUT2D eigenvalue weighted by Crippen LogP contribution is 2.47. The van der Waals surface area contributed by atoms with Gasteiger partial charge in [-0.2, -0.15) is 0 Å². The van der Waals surface area contributed by atoms with E-state index in [0.717, 1.165) is 0 Å². The summed E-state index contributed by atoms with van der Waals surface area (Å²) in [5.41, 5.74) is 3.60. The zero-order chi connectivity index (χ0) is 19.6. The molecule has 1 heterocycles. The van der Waals surface area contributed by atoms with Crippen molar-refractivity contribution in [2.24, 2.45) is 5.41 Å². The zero-order valence-corrected chi connectivity index (χ0v) is 16.6. The van der Waals surface area contributed by atoms with Crippen LogP contribution < -0.4 is 0 Å². The molecule has 1 saturated heterocycles. The topological polar surface area (TPSA) is 20.3 Å². The van der Waals surface area contributed by atoms with E-state index in [2.05, 4.69) is 91.5 Å².